The first kappa shape index (κ1) is 15.1. The highest BCUT2D eigenvalue weighted by Crippen LogP contribution is 2.31. The lowest BCUT2D eigenvalue weighted by Crippen LogP contribution is -2.25. The van der Waals surface area contributed by atoms with Crippen molar-refractivity contribution in [3.05, 3.63) is 46.2 Å². The molecule has 0 saturated carbocycles. The largest absolute Gasteiger partial charge is 0.493 e. The molecular weight excluding hydrogens is 318 g/mol. The van der Waals surface area contributed by atoms with Gasteiger partial charge in [0.15, 0.2) is 5.75 Å². The van der Waals surface area contributed by atoms with Gasteiger partial charge in [-0.25, -0.2) is 0 Å². The Morgan fingerprint density at radius 2 is 2.20 bits per heavy atom. The van der Waals surface area contributed by atoms with Gasteiger partial charge in [-0.15, -0.1) is 0 Å². The molecule has 0 aliphatic heterocycles. The Hall–Kier alpha value is -1.33. The van der Waals surface area contributed by atoms with Crippen LogP contribution < -0.4 is 10.1 Å². The summed E-state index contributed by atoms with van der Waals surface area (Å²) < 4.78 is 8.52. The van der Waals surface area contributed by atoms with Gasteiger partial charge in [-0.2, -0.15) is 5.10 Å². The number of methoxy groups -OCH3 is 1. The van der Waals surface area contributed by atoms with Crippen molar-refractivity contribution < 1.29 is 4.74 Å². The number of hydrogen-bond acceptors (Lipinski definition) is 3. The quantitative estimate of drug-likeness (QED) is 0.878. The van der Waals surface area contributed by atoms with Crippen LogP contribution in [0.1, 0.15) is 31.1 Å². The van der Waals surface area contributed by atoms with Crippen molar-refractivity contribution in [3.8, 4) is 5.75 Å². The van der Waals surface area contributed by atoms with E-state index in [9.17, 15) is 0 Å². The number of halogens is 1. The summed E-state index contributed by atoms with van der Waals surface area (Å²) in [4.78, 5) is 0. The monoisotopic (exact) mass is 337 g/mol. The minimum atomic E-state index is 0.0647. The number of hydrogen-bond donors (Lipinski definition) is 1. The second-order valence-electron chi connectivity index (χ2n) is 4.46. The Bertz CT molecular complexity index is 546. The van der Waals surface area contributed by atoms with Crippen LogP contribution in [0.15, 0.2) is 34.9 Å². The Labute approximate surface area is 128 Å². The molecule has 1 atom stereocenters. The highest BCUT2D eigenvalue weighted by atomic mass is 79.9. The number of nitrogens with zero attached hydrogens (tertiary/aromatic N) is 2. The third kappa shape index (κ3) is 3.04. The molecule has 1 heterocycles. The lowest BCUT2D eigenvalue weighted by atomic mass is 10.0. The average Bonchev–Trinajstić information content (AvgIpc) is 2.87. The van der Waals surface area contributed by atoms with E-state index in [0.717, 1.165) is 29.0 Å². The Morgan fingerprint density at radius 3 is 2.80 bits per heavy atom. The summed E-state index contributed by atoms with van der Waals surface area (Å²) in [5.74, 6) is 0.817. The fourth-order valence-corrected chi connectivity index (χ4v) is 2.76. The van der Waals surface area contributed by atoms with Gasteiger partial charge in [0, 0.05) is 11.0 Å². The standard InChI is InChI=1S/C15H20BrN3O/c1-4-17-14(11-7-6-8-12(16)9-11)15-13(20-3)10-18-19(15)5-2/h6-10,14,17H,4-5H2,1-3H3. The van der Waals surface area contributed by atoms with Crippen molar-refractivity contribution in [2.75, 3.05) is 13.7 Å². The van der Waals surface area contributed by atoms with Crippen molar-refractivity contribution in [2.45, 2.75) is 26.4 Å². The molecule has 2 aromatic rings. The number of ether oxygens (including phenoxy) is 1. The molecular formula is C15H20BrN3O. The first-order valence-electron chi connectivity index (χ1n) is 6.79. The summed E-state index contributed by atoms with van der Waals surface area (Å²) in [6.07, 6.45) is 1.78. The summed E-state index contributed by atoms with van der Waals surface area (Å²) >= 11 is 3.53. The highest BCUT2D eigenvalue weighted by molar-refractivity contribution is 9.10. The van der Waals surface area contributed by atoms with E-state index in [-0.39, 0.29) is 6.04 Å². The number of benzene rings is 1. The first-order valence-corrected chi connectivity index (χ1v) is 7.59. The van der Waals surface area contributed by atoms with Crippen molar-refractivity contribution >= 4 is 15.9 Å². The third-order valence-electron chi connectivity index (χ3n) is 3.23. The zero-order chi connectivity index (χ0) is 14.5. The molecule has 0 bridgehead atoms. The Kier molecular flexibility index (Phi) is 5.20. The van der Waals surface area contributed by atoms with Crippen LogP contribution in [0.5, 0.6) is 5.75 Å². The maximum absolute atomic E-state index is 5.47. The molecule has 0 radical (unpaired) electrons. The molecule has 0 aliphatic rings. The molecule has 0 amide bonds. The average molecular weight is 338 g/mol. The lowest BCUT2D eigenvalue weighted by Gasteiger charge is -2.21. The Balaban J connectivity index is 2.50. The predicted molar refractivity (Wildman–Crippen MR) is 84.1 cm³/mol. The van der Waals surface area contributed by atoms with E-state index in [0.29, 0.717) is 0 Å². The number of aromatic nitrogens is 2. The van der Waals surface area contributed by atoms with Gasteiger partial charge in [0.1, 0.15) is 5.69 Å². The van der Waals surface area contributed by atoms with Gasteiger partial charge in [-0.3, -0.25) is 4.68 Å². The van der Waals surface area contributed by atoms with E-state index in [1.165, 1.54) is 5.56 Å². The molecule has 20 heavy (non-hydrogen) atoms. The van der Waals surface area contributed by atoms with E-state index >= 15 is 0 Å². The van der Waals surface area contributed by atoms with Crippen LogP contribution in [0.3, 0.4) is 0 Å². The van der Waals surface area contributed by atoms with E-state index in [1.807, 2.05) is 16.8 Å². The SMILES string of the molecule is CCNC(c1cccc(Br)c1)c1c(OC)cnn1CC. The first-order chi connectivity index (χ1) is 9.71. The van der Waals surface area contributed by atoms with Crippen molar-refractivity contribution in [2.24, 2.45) is 0 Å². The molecule has 0 spiro atoms. The van der Waals surface area contributed by atoms with Gasteiger partial charge in [0.05, 0.1) is 19.3 Å². The van der Waals surface area contributed by atoms with Crippen LogP contribution in [-0.4, -0.2) is 23.4 Å². The molecule has 4 nitrogen and oxygen atoms in total. The number of rotatable bonds is 6. The molecule has 1 aromatic heterocycles. The summed E-state index contributed by atoms with van der Waals surface area (Å²) in [6.45, 7) is 5.87. The molecule has 0 saturated heterocycles. The summed E-state index contributed by atoms with van der Waals surface area (Å²) in [6, 6.07) is 8.38. The minimum absolute atomic E-state index is 0.0647. The maximum atomic E-state index is 5.47. The molecule has 1 unspecified atom stereocenters. The van der Waals surface area contributed by atoms with Gasteiger partial charge < -0.3 is 10.1 Å². The summed E-state index contributed by atoms with van der Waals surface area (Å²) in [5.41, 5.74) is 2.25. The normalized spacial score (nSPS) is 12.4. The van der Waals surface area contributed by atoms with E-state index in [2.05, 4.69) is 52.3 Å². The zero-order valence-electron chi connectivity index (χ0n) is 12.1. The van der Waals surface area contributed by atoms with Gasteiger partial charge in [-0.05, 0) is 31.2 Å². The van der Waals surface area contributed by atoms with Crippen molar-refractivity contribution in [1.82, 2.24) is 15.1 Å². The highest BCUT2D eigenvalue weighted by Gasteiger charge is 2.22. The van der Waals surface area contributed by atoms with Gasteiger partial charge in [-0.1, -0.05) is 35.0 Å². The summed E-state index contributed by atoms with van der Waals surface area (Å²) in [5, 5.41) is 7.91. The Morgan fingerprint density at radius 1 is 1.40 bits per heavy atom. The number of nitrogens with one attached hydrogen (secondary N) is 1. The van der Waals surface area contributed by atoms with Crippen LogP contribution in [0.4, 0.5) is 0 Å². The fraction of sp³-hybridized carbons (Fsp3) is 0.400. The molecule has 5 heteroatoms. The maximum Gasteiger partial charge on any atom is 0.161 e. The lowest BCUT2D eigenvalue weighted by molar-refractivity contribution is 0.399. The van der Waals surface area contributed by atoms with Crippen LogP contribution in [-0.2, 0) is 6.54 Å². The zero-order valence-corrected chi connectivity index (χ0v) is 13.6. The topological polar surface area (TPSA) is 39.1 Å². The van der Waals surface area contributed by atoms with Crippen LogP contribution in [0, 0.1) is 0 Å². The summed E-state index contributed by atoms with van der Waals surface area (Å²) in [7, 11) is 1.68. The van der Waals surface area contributed by atoms with Crippen molar-refractivity contribution in [3.63, 3.8) is 0 Å². The smallest absolute Gasteiger partial charge is 0.161 e. The second-order valence-corrected chi connectivity index (χ2v) is 5.38. The van der Waals surface area contributed by atoms with Crippen LogP contribution >= 0.6 is 15.9 Å². The van der Waals surface area contributed by atoms with Gasteiger partial charge >= 0.3 is 0 Å². The minimum Gasteiger partial charge on any atom is -0.493 e. The van der Waals surface area contributed by atoms with Crippen molar-refractivity contribution in [1.29, 1.82) is 0 Å². The van der Waals surface area contributed by atoms with Crippen LogP contribution in [0.25, 0.3) is 0 Å². The molecule has 1 N–H and O–H groups in total. The molecule has 1 aromatic carbocycles. The van der Waals surface area contributed by atoms with Gasteiger partial charge in [0.25, 0.3) is 0 Å². The predicted octanol–water partition coefficient (Wildman–Crippen LogP) is 3.37. The number of aryl methyl sites for hydroxylation is 1. The third-order valence-corrected chi connectivity index (χ3v) is 3.72. The van der Waals surface area contributed by atoms with E-state index in [1.54, 1.807) is 13.3 Å². The van der Waals surface area contributed by atoms with Gasteiger partial charge in [0.2, 0.25) is 0 Å². The molecule has 0 aliphatic carbocycles. The van der Waals surface area contributed by atoms with E-state index < -0.39 is 0 Å². The van der Waals surface area contributed by atoms with E-state index in [4.69, 9.17) is 4.74 Å². The molecule has 108 valence electrons. The molecule has 0 fully saturated rings. The van der Waals surface area contributed by atoms with Crippen LogP contribution in [0.2, 0.25) is 0 Å². The fourth-order valence-electron chi connectivity index (χ4n) is 2.34. The molecule has 2 rings (SSSR count). The second kappa shape index (κ2) is 6.90.